The van der Waals surface area contributed by atoms with Crippen LogP contribution in [0.25, 0.3) is 0 Å². The number of halogens is 1. The highest BCUT2D eigenvalue weighted by atomic mass is 35.5. The van der Waals surface area contributed by atoms with E-state index in [9.17, 15) is 4.79 Å². The molecule has 0 aromatic carbocycles. The van der Waals surface area contributed by atoms with Gasteiger partial charge < -0.3 is 9.30 Å². The lowest BCUT2D eigenvalue weighted by atomic mass is 9.98. The van der Waals surface area contributed by atoms with Gasteiger partial charge >= 0.3 is 5.97 Å². The van der Waals surface area contributed by atoms with Gasteiger partial charge in [0.15, 0.2) is 5.15 Å². The van der Waals surface area contributed by atoms with E-state index in [1.807, 2.05) is 0 Å². The van der Waals surface area contributed by atoms with E-state index in [-0.39, 0.29) is 11.9 Å². The minimum Gasteiger partial charge on any atom is -0.469 e. The van der Waals surface area contributed by atoms with Crippen molar-refractivity contribution in [3.63, 3.8) is 0 Å². The average Bonchev–Trinajstić information content (AvgIpc) is 2.65. The number of carbonyl (C=O) groups excluding carboxylic acids is 1. The van der Waals surface area contributed by atoms with E-state index in [2.05, 4.69) is 23.4 Å². The van der Waals surface area contributed by atoms with Crippen molar-refractivity contribution in [2.24, 2.45) is 5.92 Å². The van der Waals surface area contributed by atoms with Crippen molar-refractivity contribution in [1.82, 2.24) is 9.55 Å². The Morgan fingerprint density at radius 1 is 1.59 bits per heavy atom. The number of nitrogens with zero attached hydrogens (tertiary/aromatic N) is 2. The van der Waals surface area contributed by atoms with Gasteiger partial charge in [0.2, 0.25) is 0 Å². The molecule has 1 atom stereocenters. The lowest BCUT2D eigenvalue weighted by Gasteiger charge is -2.24. The summed E-state index contributed by atoms with van der Waals surface area (Å²) in [7, 11) is 1.43. The van der Waals surface area contributed by atoms with Crippen LogP contribution in [0, 0.1) is 5.92 Å². The largest absolute Gasteiger partial charge is 0.469 e. The van der Waals surface area contributed by atoms with E-state index < -0.39 is 0 Å². The zero-order chi connectivity index (χ0) is 12.6. The summed E-state index contributed by atoms with van der Waals surface area (Å²) in [5.41, 5.74) is 1.05. The Morgan fingerprint density at radius 2 is 2.29 bits per heavy atom. The summed E-state index contributed by atoms with van der Waals surface area (Å²) in [6, 6.07) is 0. The van der Waals surface area contributed by atoms with Crippen molar-refractivity contribution in [2.75, 3.05) is 7.11 Å². The van der Waals surface area contributed by atoms with E-state index in [0.29, 0.717) is 17.6 Å². The Morgan fingerprint density at radius 3 is 2.88 bits per heavy atom. The minimum absolute atomic E-state index is 0.0738. The molecule has 0 saturated carbocycles. The van der Waals surface area contributed by atoms with Crippen LogP contribution >= 0.6 is 11.6 Å². The molecule has 17 heavy (non-hydrogen) atoms. The topological polar surface area (TPSA) is 44.1 Å². The smallest absolute Gasteiger partial charge is 0.310 e. The molecule has 0 N–H and O–H groups in total. The van der Waals surface area contributed by atoms with Crippen molar-refractivity contribution >= 4 is 17.6 Å². The summed E-state index contributed by atoms with van der Waals surface area (Å²) in [4.78, 5) is 16.0. The van der Waals surface area contributed by atoms with E-state index in [4.69, 9.17) is 16.3 Å². The Labute approximate surface area is 106 Å². The molecule has 0 saturated heterocycles. The molecule has 94 valence electrons. The molecule has 0 amide bonds. The maximum Gasteiger partial charge on any atom is 0.310 e. The Kier molecular flexibility index (Phi) is 3.43. The molecule has 0 fully saturated rings. The van der Waals surface area contributed by atoms with Crippen LogP contribution in [0.1, 0.15) is 37.7 Å². The summed E-state index contributed by atoms with van der Waals surface area (Å²) in [6.07, 6.45) is 1.58. The van der Waals surface area contributed by atoms with Crippen molar-refractivity contribution in [1.29, 1.82) is 0 Å². The van der Waals surface area contributed by atoms with Gasteiger partial charge in [0, 0.05) is 12.5 Å². The number of imidazole rings is 1. The summed E-state index contributed by atoms with van der Waals surface area (Å²) in [6.45, 7) is 4.79. The summed E-state index contributed by atoms with van der Waals surface area (Å²) >= 11 is 6.12. The standard InChI is InChI=1S/C12H17ClN2O2/c1-7(2)11-14-10(13)9-5-4-8(6-15(9)11)12(16)17-3/h7-8H,4-6H2,1-3H3. The molecule has 0 spiro atoms. The van der Waals surface area contributed by atoms with Crippen molar-refractivity contribution < 1.29 is 9.53 Å². The van der Waals surface area contributed by atoms with Crippen molar-refractivity contribution in [2.45, 2.75) is 39.2 Å². The fourth-order valence-electron chi connectivity index (χ4n) is 2.34. The maximum atomic E-state index is 11.6. The SMILES string of the molecule is COC(=O)C1CCc2c(Cl)nc(C(C)C)n2C1. The molecule has 2 heterocycles. The van der Waals surface area contributed by atoms with Gasteiger partial charge in [-0.2, -0.15) is 0 Å². The zero-order valence-electron chi connectivity index (χ0n) is 10.4. The van der Waals surface area contributed by atoms with Crippen molar-refractivity contribution in [3.05, 3.63) is 16.7 Å². The normalized spacial score (nSPS) is 19.2. The first-order valence-electron chi connectivity index (χ1n) is 5.87. The molecule has 0 radical (unpaired) electrons. The second kappa shape index (κ2) is 4.69. The van der Waals surface area contributed by atoms with Crippen LogP contribution in [0.4, 0.5) is 0 Å². The molecule has 1 aromatic rings. The molecule has 0 aliphatic carbocycles. The molecule has 5 heteroatoms. The number of esters is 1. The first kappa shape index (κ1) is 12.4. The molecule has 0 bridgehead atoms. The number of carbonyl (C=O) groups is 1. The number of hydrogen-bond donors (Lipinski definition) is 0. The third-order valence-electron chi connectivity index (χ3n) is 3.24. The predicted molar refractivity (Wildman–Crippen MR) is 65.2 cm³/mol. The molecule has 1 aliphatic rings. The van der Waals surface area contributed by atoms with Gasteiger partial charge in [0.25, 0.3) is 0 Å². The van der Waals surface area contributed by atoms with Gasteiger partial charge in [-0.25, -0.2) is 4.98 Å². The average molecular weight is 257 g/mol. The third-order valence-corrected chi connectivity index (χ3v) is 3.54. The molecular formula is C12H17ClN2O2. The summed E-state index contributed by atoms with van der Waals surface area (Å²) < 4.78 is 6.89. The highest BCUT2D eigenvalue weighted by Gasteiger charge is 2.29. The van der Waals surface area contributed by atoms with Gasteiger partial charge in [-0.15, -0.1) is 0 Å². The van der Waals surface area contributed by atoms with Crippen LogP contribution < -0.4 is 0 Å². The number of ether oxygens (including phenoxy) is 1. The van der Waals surface area contributed by atoms with Gasteiger partial charge in [0.1, 0.15) is 5.82 Å². The molecular weight excluding hydrogens is 240 g/mol. The monoisotopic (exact) mass is 256 g/mol. The minimum atomic E-state index is -0.143. The van der Waals surface area contributed by atoms with Gasteiger partial charge in [-0.1, -0.05) is 25.4 Å². The van der Waals surface area contributed by atoms with Crippen LogP contribution in [0.2, 0.25) is 5.15 Å². The number of fused-ring (bicyclic) bond motifs is 1. The number of methoxy groups -OCH3 is 1. The second-order valence-electron chi connectivity index (χ2n) is 4.73. The van der Waals surface area contributed by atoms with E-state index in [0.717, 1.165) is 24.4 Å². The predicted octanol–water partition coefficient (Wildman–Crippen LogP) is 2.40. The highest BCUT2D eigenvalue weighted by Crippen LogP contribution is 2.30. The zero-order valence-corrected chi connectivity index (χ0v) is 11.1. The first-order valence-corrected chi connectivity index (χ1v) is 6.25. The first-order chi connectivity index (χ1) is 8.04. The van der Waals surface area contributed by atoms with Crippen LogP contribution in [0.5, 0.6) is 0 Å². The van der Waals surface area contributed by atoms with Crippen LogP contribution in [-0.2, 0) is 22.5 Å². The lowest BCUT2D eigenvalue weighted by molar-refractivity contribution is -0.146. The highest BCUT2D eigenvalue weighted by molar-refractivity contribution is 6.30. The fourth-order valence-corrected chi connectivity index (χ4v) is 2.62. The van der Waals surface area contributed by atoms with Gasteiger partial charge in [0.05, 0.1) is 18.7 Å². The molecule has 1 aromatic heterocycles. The fraction of sp³-hybridized carbons (Fsp3) is 0.667. The van der Waals surface area contributed by atoms with Crippen LogP contribution in [0.15, 0.2) is 0 Å². The summed E-state index contributed by atoms with van der Waals surface area (Å²) in [5.74, 6) is 1.04. The Balaban J connectivity index is 2.32. The second-order valence-corrected chi connectivity index (χ2v) is 5.09. The molecule has 1 unspecified atom stereocenters. The number of aromatic nitrogens is 2. The third kappa shape index (κ3) is 2.18. The Hall–Kier alpha value is -1.03. The molecule has 1 aliphatic heterocycles. The van der Waals surface area contributed by atoms with Gasteiger partial charge in [-0.3, -0.25) is 4.79 Å². The number of rotatable bonds is 2. The number of hydrogen-bond acceptors (Lipinski definition) is 3. The van der Waals surface area contributed by atoms with Crippen LogP contribution in [0.3, 0.4) is 0 Å². The molecule has 4 nitrogen and oxygen atoms in total. The quantitative estimate of drug-likeness (QED) is 0.764. The van der Waals surface area contributed by atoms with Gasteiger partial charge in [-0.05, 0) is 12.8 Å². The van der Waals surface area contributed by atoms with E-state index in [1.165, 1.54) is 7.11 Å². The van der Waals surface area contributed by atoms with E-state index >= 15 is 0 Å². The summed E-state index contributed by atoms with van der Waals surface area (Å²) in [5, 5.41) is 0.581. The van der Waals surface area contributed by atoms with Crippen molar-refractivity contribution in [3.8, 4) is 0 Å². The lowest BCUT2D eigenvalue weighted by Crippen LogP contribution is -2.28. The molecule has 2 rings (SSSR count). The maximum absolute atomic E-state index is 11.6. The van der Waals surface area contributed by atoms with Crippen LogP contribution in [-0.4, -0.2) is 22.6 Å². The van der Waals surface area contributed by atoms with E-state index in [1.54, 1.807) is 0 Å². The Bertz CT molecular complexity index is 440.